The summed E-state index contributed by atoms with van der Waals surface area (Å²) in [6.07, 6.45) is 0.648. The van der Waals surface area contributed by atoms with Crippen molar-refractivity contribution < 1.29 is 19.1 Å². The third kappa shape index (κ3) is 3.90. The Hall–Kier alpha value is -1.79. The third-order valence-corrected chi connectivity index (χ3v) is 3.98. The van der Waals surface area contributed by atoms with E-state index in [0.29, 0.717) is 16.5 Å². The maximum atomic E-state index is 11.8. The van der Waals surface area contributed by atoms with Crippen LogP contribution in [0, 0.1) is 6.92 Å². The van der Waals surface area contributed by atoms with E-state index in [1.165, 1.54) is 0 Å². The second-order valence-corrected chi connectivity index (χ2v) is 5.65. The van der Waals surface area contributed by atoms with Gasteiger partial charge in [0.1, 0.15) is 6.04 Å². The molecule has 1 aliphatic heterocycles. The number of anilines is 1. The number of ether oxygens (including phenoxy) is 1. The van der Waals surface area contributed by atoms with E-state index in [1.807, 2.05) is 0 Å². The lowest BCUT2D eigenvalue weighted by atomic mass is 10.2. The number of benzene rings is 1. The SMILES string of the molecule is Cc1ccc(Cl)c(NC(=O)COC(=O)[C@H]2CCC(=O)N2)c1Cl. The second-order valence-electron chi connectivity index (χ2n) is 4.87. The van der Waals surface area contributed by atoms with Crippen LogP contribution >= 0.6 is 23.2 Å². The van der Waals surface area contributed by atoms with E-state index < -0.39 is 24.5 Å². The fourth-order valence-corrected chi connectivity index (χ4v) is 2.44. The van der Waals surface area contributed by atoms with Crippen LogP contribution in [0.1, 0.15) is 18.4 Å². The van der Waals surface area contributed by atoms with E-state index in [-0.39, 0.29) is 18.0 Å². The largest absolute Gasteiger partial charge is 0.454 e. The molecule has 1 saturated heterocycles. The minimum Gasteiger partial charge on any atom is -0.454 e. The van der Waals surface area contributed by atoms with Crippen molar-refractivity contribution in [1.82, 2.24) is 5.32 Å². The minimum atomic E-state index is -0.688. The first-order valence-corrected chi connectivity index (χ1v) is 7.34. The normalized spacial score (nSPS) is 17.0. The fourth-order valence-electron chi connectivity index (χ4n) is 1.97. The van der Waals surface area contributed by atoms with Crippen LogP contribution in [0.4, 0.5) is 5.69 Å². The number of carbonyl (C=O) groups is 3. The molecule has 1 fully saturated rings. The number of nitrogens with one attached hydrogen (secondary N) is 2. The molecule has 118 valence electrons. The molecule has 0 radical (unpaired) electrons. The van der Waals surface area contributed by atoms with Gasteiger partial charge in [-0.3, -0.25) is 9.59 Å². The molecule has 0 unspecified atom stereocenters. The van der Waals surface area contributed by atoms with Crippen molar-refractivity contribution in [3.05, 3.63) is 27.7 Å². The second kappa shape index (κ2) is 6.98. The van der Waals surface area contributed by atoms with Gasteiger partial charge in [0.2, 0.25) is 5.91 Å². The molecule has 1 atom stereocenters. The molecule has 8 heteroatoms. The molecule has 1 aromatic rings. The van der Waals surface area contributed by atoms with Crippen LogP contribution < -0.4 is 10.6 Å². The van der Waals surface area contributed by atoms with Gasteiger partial charge in [-0.25, -0.2) is 4.79 Å². The molecule has 0 saturated carbocycles. The molecule has 1 aliphatic rings. The Bertz CT molecular complexity index is 634. The zero-order valence-corrected chi connectivity index (χ0v) is 13.3. The Balaban J connectivity index is 1.90. The lowest BCUT2D eigenvalue weighted by Crippen LogP contribution is -2.36. The summed E-state index contributed by atoms with van der Waals surface area (Å²) in [5.74, 6) is -1.40. The van der Waals surface area contributed by atoms with Gasteiger partial charge in [0.05, 0.1) is 15.7 Å². The van der Waals surface area contributed by atoms with Gasteiger partial charge in [0.25, 0.3) is 5.91 Å². The average Bonchev–Trinajstić information content (AvgIpc) is 2.92. The first-order chi connectivity index (χ1) is 10.4. The van der Waals surface area contributed by atoms with Gasteiger partial charge in [-0.05, 0) is 25.0 Å². The summed E-state index contributed by atoms with van der Waals surface area (Å²) < 4.78 is 4.87. The monoisotopic (exact) mass is 344 g/mol. The van der Waals surface area contributed by atoms with Gasteiger partial charge in [0.15, 0.2) is 6.61 Å². The number of amides is 2. The molecular formula is C14H14Cl2N2O4. The molecule has 22 heavy (non-hydrogen) atoms. The van der Waals surface area contributed by atoms with Crippen LogP contribution in [0.2, 0.25) is 10.0 Å². The van der Waals surface area contributed by atoms with E-state index in [2.05, 4.69) is 10.6 Å². The van der Waals surface area contributed by atoms with Crippen LogP contribution in [-0.2, 0) is 19.1 Å². The summed E-state index contributed by atoms with van der Waals surface area (Å²) in [6, 6.07) is 2.65. The number of carbonyl (C=O) groups excluding carboxylic acids is 3. The number of aryl methyl sites for hydroxylation is 1. The highest BCUT2D eigenvalue weighted by Crippen LogP contribution is 2.32. The minimum absolute atomic E-state index is 0.204. The number of halogens is 2. The van der Waals surface area contributed by atoms with Crippen molar-refractivity contribution in [2.75, 3.05) is 11.9 Å². The molecule has 0 aromatic heterocycles. The van der Waals surface area contributed by atoms with Crippen molar-refractivity contribution in [2.24, 2.45) is 0 Å². The number of esters is 1. The van der Waals surface area contributed by atoms with Crippen molar-refractivity contribution in [1.29, 1.82) is 0 Å². The van der Waals surface area contributed by atoms with Gasteiger partial charge >= 0.3 is 5.97 Å². The van der Waals surface area contributed by atoms with E-state index >= 15 is 0 Å². The van der Waals surface area contributed by atoms with E-state index in [1.54, 1.807) is 19.1 Å². The lowest BCUT2D eigenvalue weighted by Gasteiger charge is -2.12. The Morgan fingerprint density at radius 1 is 1.41 bits per heavy atom. The predicted molar refractivity (Wildman–Crippen MR) is 82.0 cm³/mol. The smallest absolute Gasteiger partial charge is 0.329 e. The molecule has 0 spiro atoms. The standard InChI is InChI=1S/C14H14Cl2N2O4/c1-7-2-3-8(15)13(12(7)16)18-11(20)6-22-14(21)9-4-5-10(19)17-9/h2-3,9H,4-6H2,1H3,(H,17,19)(H,18,20)/t9-/m1/s1. The van der Waals surface area contributed by atoms with Gasteiger partial charge < -0.3 is 15.4 Å². The van der Waals surface area contributed by atoms with E-state index in [9.17, 15) is 14.4 Å². The van der Waals surface area contributed by atoms with Gasteiger partial charge in [-0.15, -0.1) is 0 Å². The van der Waals surface area contributed by atoms with Crippen LogP contribution in [-0.4, -0.2) is 30.4 Å². The number of hydrogen-bond acceptors (Lipinski definition) is 4. The van der Waals surface area contributed by atoms with Crippen LogP contribution in [0.15, 0.2) is 12.1 Å². The van der Waals surface area contributed by atoms with Crippen LogP contribution in [0.3, 0.4) is 0 Å². The van der Waals surface area contributed by atoms with E-state index in [4.69, 9.17) is 27.9 Å². The Morgan fingerprint density at radius 2 is 2.14 bits per heavy atom. The maximum absolute atomic E-state index is 11.8. The van der Waals surface area contributed by atoms with Crippen LogP contribution in [0.5, 0.6) is 0 Å². The van der Waals surface area contributed by atoms with Gasteiger partial charge in [-0.1, -0.05) is 29.3 Å². The molecule has 0 aliphatic carbocycles. The van der Waals surface area contributed by atoms with Crippen molar-refractivity contribution >= 4 is 46.7 Å². The summed E-state index contributed by atoms with van der Waals surface area (Å²) in [5, 5.41) is 5.59. The molecule has 1 aromatic carbocycles. The van der Waals surface area contributed by atoms with E-state index in [0.717, 1.165) is 5.56 Å². The average molecular weight is 345 g/mol. The summed E-state index contributed by atoms with van der Waals surface area (Å²) in [7, 11) is 0. The fraction of sp³-hybridized carbons (Fsp3) is 0.357. The summed E-state index contributed by atoms with van der Waals surface area (Å²) >= 11 is 12.0. The number of rotatable bonds is 4. The summed E-state index contributed by atoms with van der Waals surface area (Å²) in [4.78, 5) is 34.5. The highest BCUT2D eigenvalue weighted by atomic mass is 35.5. The summed E-state index contributed by atoms with van der Waals surface area (Å²) in [5.41, 5.74) is 1.03. The maximum Gasteiger partial charge on any atom is 0.329 e. The Kier molecular flexibility index (Phi) is 5.26. The van der Waals surface area contributed by atoms with Crippen molar-refractivity contribution in [2.45, 2.75) is 25.8 Å². The van der Waals surface area contributed by atoms with Gasteiger partial charge in [-0.2, -0.15) is 0 Å². The van der Waals surface area contributed by atoms with Crippen LogP contribution in [0.25, 0.3) is 0 Å². The first kappa shape index (κ1) is 16.6. The molecular weight excluding hydrogens is 331 g/mol. The zero-order chi connectivity index (χ0) is 16.3. The number of hydrogen-bond donors (Lipinski definition) is 2. The molecule has 6 nitrogen and oxygen atoms in total. The lowest BCUT2D eigenvalue weighted by molar-refractivity contribution is -0.149. The topological polar surface area (TPSA) is 84.5 Å². The Labute approximate surface area is 137 Å². The Morgan fingerprint density at radius 3 is 2.77 bits per heavy atom. The molecule has 2 amide bonds. The predicted octanol–water partition coefficient (Wildman–Crippen LogP) is 2.06. The molecule has 2 rings (SSSR count). The van der Waals surface area contributed by atoms with Gasteiger partial charge in [0, 0.05) is 6.42 Å². The molecule has 0 bridgehead atoms. The van der Waals surface area contributed by atoms with Crippen molar-refractivity contribution in [3.8, 4) is 0 Å². The molecule has 2 N–H and O–H groups in total. The van der Waals surface area contributed by atoms with Crippen molar-refractivity contribution in [3.63, 3.8) is 0 Å². The summed E-state index contributed by atoms with van der Waals surface area (Å²) in [6.45, 7) is 1.29. The highest BCUT2D eigenvalue weighted by molar-refractivity contribution is 6.40. The molecule has 1 heterocycles. The first-order valence-electron chi connectivity index (χ1n) is 6.59. The zero-order valence-electron chi connectivity index (χ0n) is 11.7. The highest BCUT2D eigenvalue weighted by Gasteiger charge is 2.28. The quantitative estimate of drug-likeness (QED) is 0.818. The third-order valence-electron chi connectivity index (χ3n) is 3.17.